The molecule has 39 heavy (non-hydrogen) atoms. The van der Waals surface area contributed by atoms with Gasteiger partial charge in [-0.25, -0.2) is 0 Å². The maximum Gasteiger partial charge on any atom is 0.217 e. The van der Waals surface area contributed by atoms with Crippen molar-refractivity contribution in [3.8, 4) is 11.1 Å². The Bertz CT molecular complexity index is 1380. The number of carbonyl (C=O) groups excluding carboxylic acids is 1. The average molecular weight is 525 g/mol. The zero-order valence-electron chi connectivity index (χ0n) is 23.4. The highest BCUT2D eigenvalue weighted by Crippen LogP contribution is 2.30. The topological polar surface area (TPSA) is 70.6 Å². The lowest BCUT2D eigenvalue weighted by Crippen LogP contribution is -2.46. The first-order chi connectivity index (χ1) is 18.7. The minimum Gasteiger partial charge on any atom is -0.389 e. The Labute approximate surface area is 232 Å². The Morgan fingerprint density at radius 1 is 0.897 bits per heavy atom. The minimum atomic E-state index is -0.622. The van der Waals surface area contributed by atoms with Crippen LogP contribution in [0.5, 0.6) is 0 Å². The predicted molar refractivity (Wildman–Crippen MR) is 160 cm³/mol. The summed E-state index contributed by atoms with van der Waals surface area (Å²) in [5.41, 5.74) is 5.41. The molecule has 5 nitrogen and oxygen atoms in total. The van der Waals surface area contributed by atoms with Crippen LogP contribution in [0.2, 0.25) is 0 Å². The molecule has 0 fully saturated rings. The molecule has 0 heterocycles. The first kappa shape index (κ1) is 28.5. The SMILES string of the molecule is CC(=O)NCc1ccc(-c2ccccc2C(C)OC[C@H](O)CNC(C)(C)Cc2ccc3ccccc3c2)cc1. The van der Waals surface area contributed by atoms with Gasteiger partial charge in [-0.2, -0.15) is 0 Å². The van der Waals surface area contributed by atoms with Gasteiger partial charge in [-0.15, -0.1) is 0 Å². The molecule has 4 rings (SSSR count). The number of carbonyl (C=O) groups is 1. The third-order valence-electron chi connectivity index (χ3n) is 7.02. The second-order valence-electron chi connectivity index (χ2n) is 10.9. The van der Waals surface area contributed by atoms with Crippen molar-refractivity contribution in [2.24, 2.45) is 0 Å². The molecule has 5 heteroatoms. The van der Waals surface area contributed by atoms with Gasteiger partial charge in [-0.3, -0.25) is 4.79 Å². The molecule has 0 spiro atoms. The zero-order valence-corrected chi connectivity index (χ0v) is 23.4. The molecule has 4 aromatic carbocycles. The molecule has 2 atom stereocenters. The lowest BCUT2D eigenvalue weighted by Gasteiger charge is -2.28. The Morgan fingerprint density at radius 3 is 2.31 bits per heavy atom. The number of aliphatic hydroxyl groups is 1. The van der Waals surface area contributed by atoms with E-state index in [1.165, 1.54) is 23.3 Å². The van der Waals surface area contributed by atoms with Crippen molar-refractivity contribution in [1.82, 2.24) is 10.6 Å². The summed E-state index contributed by atoms with van der Waals surface area (Å²) in [5.74, 6) is -0.0405. The molecule has 0 bridgehead atoms. The number of aliphatic hydroxyl groups excluding tert-OH is 1. The molecule has 0 saturated heterocycles. The first-order valence-corrected chi connectivity index (χ1v) is 13.7. The van der Waals surface area contributed by atoms with Crippen LogP contribution < -0.4 is 10.6 Å². The number of hydrogen-bond donors (Lipinski definition) is 3. The van der Waals surface area contributed by atoms with Gasteiger partial charge in [-0.1, -0.05) is 91.0 Å². The average Bonchev–Trinajstić information content (AvgIpc) is 2.93. The molecule has 0 aliphatic rings. The van der Waals surface area contributed by atoms with Gasteiger partial charge < -0.3 is 20.5 Å². The molecule has 0 radical (unpaired) electrons. The van der Waals surface area contributed by atoms with Gasteiger partial charge in [0.05, 0.1) is 18.8 Å². The zero-order chi connectivity index (χ0) is 27.8. The fraction of sp³-hybridized carbons (Fsp3) is 0.324. The number of hydrogen-bond acceptors (Lipinski definition) is 4. The Morgan fingerprint density at radius 2 is 1.56 bits per heavy atom. The molecule has 0 aliphatic heterocycles. The first-order valence-electron chi connectivity index (χ1n) is 13.7. The summed E-state index contributed by atoms with van der Waals surface area (Å²) in [6, 6.07) is 31.4. The molecule has 1 unspecified atom stereocenters. The van der Waals surface area contributed by atoms with E-state index in [9.17, 15) is 9.90 Å². The van der Waals surface area contributed by atoms with Crippen molar-refractivity contribution in [1.29, 1.82) is 0 Å². The summed E-state index contributed by atoms with van der Waals surface area (Å²) in [5, 5.41) is 19.5. The van der Waals surface area contributed by atoms with Crippen molar-refractivity contribution in [3.63, 3.8) is 0 Å². The quantitative estimate of drug-likeness (QED) is 0.207. The van der Waals surface area contributed by atoms with E-state index in [2.05, 4.69) is 91.2 Å². The van der Waals surface area contributed by atoms with E-state index in [0.29, 0.717) is 13.1 Å². The van der Waals surface area contributed by atoms with Crippen LogP contribution >= 0.6 is 0 Å². The van der Waals surface area contributed by atoms with Gasteiger partial charge in [-0.05, 0) is 65.8 Å². The summed E-state index contributed by atoms with van der Waals surface area (Å²) in [6.07, 6.45) is 0.0581. The van der Waals surface area contributed by atoms with E-state index < -0.39 is 6.10 Å². The van der Waals surface area contributed by atoms with Gasteiger partial charge in [0.1, 0.15) is 0 Å². The van der Waals surface area contributed by atoms with Crippen LogP contribution in [0, 0.1) is 0 Å². The van der Waals surface area contributed by atoms with E-state index in [1.807, 2.05) is 31.2 Å². The minimum absolute atomic E-state index is 0.0405. The van der Waals surface area contributed by atoms with Crippen LogP contribution in [-0.2, 0) is 22.5 Å². The second-order valence-corrected chi connectivity index (χ2v) is 10.9. The third kappa shape index (κ3) is 8.24. The molecule has 3 N–H and O–H groups in total. The third-order valence-corrected chi connectivity index (χ3v) is 7.02. The highest BCUT2D eigenvalue weighted by Gasteiger charge is 2.20. The van der Waals surface area contributed by atoms with E-state index in [-0.39, 0.29) is 24.2 Å². The number of benzene rings is 4. The summed E-state index contributed by atoms with van der Waals surface area (Å²) >= 11 is 0. The molecule has 0 saturated carbocycles. The van der Waals surface area contributed by atoms with Crippen LogP contribution in [0.1, 0.15) is 50.5 Å². The molecule has 204 valence electrons. The van der Waals surface area contributed by atoms with E-state index in [1.54, 1.807) is 0 Å². The van der Waals surface area contributed by atoms with Crippen molar-refractivity contribution >= 4 is 16.7 Å². The van der Waals surface area contributed by atoms with E-state index in [0.717, 1.165) is 28.7 Å². The van der Waals surface area contributed by atoms with Gasteiger partial charge >= 0.3 is 0 Å². The van der Waals surface area contributed by atoms with Gasteiger partial charge in [0.2, 0.25) is 5.91 Å². The standard InChI is InChI=1S/C34H40N2O3/c1-24(32-11-7-8-12-33(32)29-17-13-26(14-18-29)21-35-25(2)37)39-23-31(38)22-36-34(3,4)20-27-15-16-28-9-5-6-10-30(28)19-27/h5-19,24,31,36,38H,20-23H2,1-4H3,(H,35,37)/t24?,31-/m1/s1. The van der Waals surface area contributed by atoms with Crippen molar-refractivity contribution in [2.75, 3.05) is 13.2 Å². The van der Waals surface area contributed by atoms with Crippen LogP contribution in [0.25, 0.3) is 21.9 Å². The normalized spacial score (nSPS) is 13.3. The second kappa shape index (κ2) is 13.0. The predicted octanol–water partition coefficient (Wildman–Crippen LogP) is 6.19. The summed E-state index contributed by atoms with van der Waals surface area (Å²) in [4.78, 5) is 11.2. The monoisotopic (exact) mass is 524 g/mol. The molecular formula is C34H40N2O3. The Balaban J connectivity index is 1.30. The fourth-order valence-electron chi connectivity index (χ4n) is 4.86. The number of rotatable bonds is 12. The lowest BCUT2D eigenvalue weighted by molar-refractivity contribution is -0.119. The Hall–Kier alpha value is -3.51. The highest BCUT2D eigenvalue weighted by atomic mass is 16.5. The molecule has 1 amide bonds. The maximum atomic E-state index is 11.2. The summed E-state index contributed by atoms with van der Waals surface area (Å²) in [7, 11) is 0. The number of amides is 1. The van der Waals surface area contributed by atoms with Crippen LogP contribution in [-0.4, -0.2) is 35.8 Å². The number of β-amino-alcohol motifs (C(OH)–C–C–N with tert-alkyl or cyclic N) is 1. The largest absolute Gasteiger partial charge is 0.389 e. The summed E-state index contributed by atoms with van der Waals surface area (Å²) in [6.45, 7) is 9.07. The van der Waals surface area contributed by atoms with E-state index >= 15 is 0 Å². The van der Waals surface area contributed by atoms with Crippen LogP contribution in [0.4, 0.5) is 0 Å². The molecule has 0 aliphatic carbocycles. The molecule has 0 aromatic heterocycles. The number of nitrogens with one attached hydrogen (secondary N) is 2. The van der Waals surface area contributed by atoms with Gasteiger partial charge in [0.15, 0.2) is 0 Å². The smallest absolute Gasteiger partial charge is 0.217 e. The molecular weight excluding hydrogens is 484 g/mol. The number of ether oxygens (including phenoxy) is 1. The highest BCUT2D eigenvalue weighted by molar-refractivity contribution is 5.83. The van der Waals surface area contributed by atoms with Crippen LogP contribution in [0.15, 0.2) is 91.0 Å². The fourth-order valence-corrected chi connectivity index (χ4v) is 4.86. The van der Waals surface area contributed by atoms with Crippen LogP contribution in [0.3, 0.4) is 0 Å². The van der Waals surface area contributed by atoms with Crippen molar-refractivity contribution < 1.29 is 14.6 Å². The molecule has 4 aromatic rings. The van der Waals surface area contributed by atoms with Gasteiger partial charge in [0.25, 0.3) is 0 Å². The van der Waals surface area contributed by atoms with E-state index in [4.69, 9.17) is 4.74 Å². The van der Waals surface area contributed by atoms with Crippen molar-refractivity contribution in [3.05, 3.63) is 108 Å². The Kier molecular flexibility index (Phi) is 9.52. The number of fused-ring (bicyclic) bond motifs is 1. The lowest BCUT2D eigenvalue weighted by atomic mass is 9.93. The van der Waals surface area contributed by atoms with Gasteiger partial charge in [0, 0.05) is 25.6 Å². The van der Waals surface area contributed by atoms with Crippen molar-refractivity contribution in [2.45, 2.75) is 58.4 Å². The summed E-state index contributed by atoms with van der Waals surface area (Å²) < 4.78 is 6.13. The maximum absolute atomic E-state index is 11.2.